The molecule has 1 heterocycles. The summed E-state index contributed by atoms with van der Waals surface area (Å²) in [5, 5.41) is 9.53. The standard InChI is InChI=1S/C10H21NO2/c1-10(2)8-9(12)4-5-11(10)6-7-13-3/h9,12H,4-8H2,1-3H3. The van der Waals surface area contributed by atoms with Gasteiger partial charge < -0.3 is 9.84 Å². The second-order valence-corrected chi connectivity index (χ2v) is 4.44. The van der Waals surface area contributed by atoms with E-state index in [0.717, 1.165) is 32.5 Å². The number of hydrogen-bond donors (Lipinski definition) is 1. The average Bonchev–Trinajstić information content (AvgIpc) is 2.01. The molecule has 0 aliphatic carbocycles. The van der Waals surface area contributed by atoms with Crippen molar-refractivity contribution in [2.24, 2.45) is 0 Å². The molecule has 0 amide bonds. The fraction of sp³-hybridized carbons (Fsp3) is 1.00. The molecule has 3 heteroatoms. The van der Waals surface area contributed by atoms with Crippen molar-refractivity contribution in [2.75, 3.05) is 26.8 Å². The van der Waals surface area contributed by atoms with E-state index < -0.39 is 0 Å². The predicted molar refractivity (Wildman–Crippen MR) is 52.8 cm³/mol. The van der Waals surface area contributed by atoms with Gasteiger partial charge in [0, 0.05) is 25.7 Å². The van der Waals surface area contributed by atoms with E-state index in [0.29, 0.717) is 0 Å². The van der Waals surface area contributed by atoms with Gasteiger partial charge in [0.05, 0.1) is 12.7 Å². The van der Waals surface area contributed by atoms with Crippen molar-refractivity contribution in [1.29, 1.82) is 0 Å². The monoisotopic (exact) mass is 187 g/mol. The Bertz CT molecular complexity index is 157. The van der Waals surface area contributed by atoms with Crippen LogP contribution in [0.2, 0.25) is 0 Å². The maximum absolute atomic E-state index is 9.53. The summed E-state index contributed by atoms with van der Waals surface area (Å²) in [7, 11) is 1.73. The van der Waals surface area contributed by atoms with E-state index in [1.165, 1.54) is 0 Å². The van der Waals surface area contributed by atoms with E-state index in [9.17, 15) is 5.11 Å². The fourth-order valence-corrected chi connectivity index (χ4v) is 2.03. The van der Waals surface area contributed by atoms with Gasteiger partial charge in [-0.2, -0.15) is 0 Å². The van der Waals surface area contributed by atoms with Crippen LogP contribution in [0, 0.1) is 0 Å². The Hall–Kier alpha value is -0.120. The fourth-order valence-electron chi connectivity index (χ4n) is 2.03. The molecule has 78 valence electrons. The number of aliphatic hydroxyl groups is 1. The molecule has 1 atom stereocenters. The second kappa shape index (κ2) is 4.40. The first kappa shape index (κ1) is 11.0. The van der Waals surface area contributed by atoms with Crippen molar-refractivity contribution in [3.8, 4) is 0 Å². The van der Waals surface area contributed by atoms with Crippen molar-refractivity contribution in [2.45, 2.75) is 38.3 Å². The quantitative estimate of drug-likeness (QED) is 0.711. The van der Waals surface area contributed by atoms with Crippen molar-refractivity contribution in [3.63, 3.8) is 0 Å². The summed E-state index contributed by atoms with van der Waals surface area (Å²) in [5.41, 5.74) is 0.121. The summed E-state index contributed by atoms with van der Waals surface area (Å²) in [6.07, 6.45) is 1.65. The number of nitrogens with zero attached hydrogens (tertiary/aromatic N) is 1. The highest BCUT2D eigenvalue weighted by Crippen LogP contribution is 2.26. The highest BCUT2D eigenvalue weighted by atomic mass is 16.5. The molecule has 1 saturated heterocycles. The third kappa shape index (κ3) is 2.93. The van der Waals surface area contributed by atoms with Gasteiger partial charge in [-0.1, -0.05) is 0 Å². The molecule has 1 aliphatic heterocycles. The molecular formula is C10H21NO2. The van der Waals surface area contributed by atoms with Crippen LogP contribution in [0.5, 0.6) is 0 Å². The highest BCUT2D eigenvalue weighted by molar-refractivity contribution is 4.89. The Morgan fingerprint density at radius 1 is 1.54 bits per heavy atom. The molecule has 0 spiro atoms. The summed E-state index contributed by atoms with van der Waals surface area (Å²) in [6.45, 7) is 7.10. The topological polar surface area (TPSA) is 32.7 Å². The SMILES string of the molecule is COCCN1CCC(O)CC1(C)C. The number of ether oxygens (including phenoxy) is 1. The molecule has 1 rings (SSSR count). The van der Waals surface area contributed by atoms with Gasteiger partial charge in [0.1, 0.15) is 0 Å². The van der Waals surface area contributed by atoms with Crippen LogP contribution in [0.3, 0.4) is 0 Å². The molecule has 0 aromatic heterocycles. The zero-order valence-corrected chi connectivity index (χ0v) is 8.92. The maximum atomic E-state index is 9.53. The number of likely N-dealkylation sites (tertiary alicyclic amines) is 1. The highest BCUT2D eigenvalue weighted by Gasteiger charge is 2.33. The van der Waals surface area contributed by atoms with Crippen LogP contribution in [-0.4, -0.2) is 48.5 Å². The molecule has 1 N–H and O–H groups in total. The molecule has 0 aromatic rings. The van der Waals surface area contributed by atoms with E-state index in [1.54, 1.807) is 7.11 Å². The van der Waals surface area contributed by atoms with E-state index in [4.69, 9.17) is 4.74 Å². The number of aliphatic hydroxyl groups excluding tert-OH is 1. The zero-order valence-electron chi connectivity index (χ0n) is 8.92. The number of piperidine rings is 1. The molecule has 0 saturated carbocycles. The van der Waals surface area contributed by atoms with Crippen molar-refractivity contribution < 1.29 is 9.84 Å². The zero-order chi connectivity index (χ0) is 9.90. The largest absolute Gasteiger partial charge is 0.393 e. The maximum Gasteiger partial charge on any atom is 0.0589 e. The Kier molecular flexibility index (Phi) is 3.71. The average molecular weight is 187 g/mol. The molecule has 13 heavy (non-hydrogen) atoms. The molecule has 1 unspecified atom stereocenters. The number of hydrogen-bond acceptors (Lipinski definition) is 3. The molecule has 1 fully saturated rings. The Morgan fingerprint density at radius 2 is 2.23 bits per heavy atom. The lowest BCUT2D eigenvalue weighted by atomic mass is 9.88. The minimum atomic E-state index is -0.117. The van der Waals surface area contributed by atoms with Crippen LogP contribution in [0.15, 0.2) is 0 Å². The first-order chi connectivity index (χ1) is 6.06. The normalized spacial score (nSPS) is 29.1. The Labute approximate surface area is 80.7 Å². The molecule has 0 radical (unpaired) electrons. The lowest BCUT2D eigenvalue weighted by Crippen LogP contribution is -2.52. The molecule has 0 aromatic carbocycles. The van der Waals surface area contributed by atoms with Crippen molar-refractivity contribution >= 4 is 0 Å². The van der Waals surface area contributed by atoms with Crippen LogP contribution >= 0.6 is 0 Å². The summed E-state index contributed by atoms with van der Waals surface area (Å²) >= 11 is 0. The van der Waals surface area contributed by atoms with Gasteiger partial charge in [0.15, 0.2) is 0 Å². The van der Waals surface area contributed by atoms with Gasteiger partial charge in [-0.3, -0.25) is 4.90 Å². The second-order valence-electron chi connectivity index (χ2n) is 4.44. The van der Waals surface area contributed by atoms with Crippen LogP contribution in [0.1, 0.15) is 26.7 Å². The predicted octanol–water partition coefficient (Wildman–Crippen LogP) is 0.868. The smallest absolute Gasteiger partial charge is 0.0589 e. The van der Waals surface area contributed by atoms with Gasteiger partial charge in [0.2, 0.25) is 0 Å². The van der Waals surface area contributed by atoms with Gasteiger partial charge in [-0.25, -0.2) is 0 Å². The van der Waals surface area contributed by atoms with E-state index in [-0.39, 0.29) is 11.6 Å². The van der Waals surface area contributed by atoms with Gasteiger partial charge in [-0.05, 0) is 26.7 Å². The Morgan fingerprint density at radius 3 is 2.77 bits per heavy atom. The van der Waals surface area contributed by atoms with Crippen molar-refractivity contribution in [3.05, 3.63) is 0 Å². The molecule has 1 aliphatic rings. The third-order valence-corrected chi connectivity index (χ3v) is 2.89. The summed E-state index contributed by atoms with van der Waals surface area (Å²) < 4.78 is 5.06. The molecule has 0 bridgehead atoms. The Balaban J connectivity index is 2.44. The minimum absolute atomic E-state index is 0.117. The van der Waals surface area contributed by atoms with Gasteiger partial charge in [-0.15, -0.1) is 0 Å². The van der Waals surface area contributed by atoms with Crippen LogP contribution in [0.4, 0.5) is 0 Å². The van der Waals surface area contributed by atoms with Gasteiger partial charge >= 0.3 is 0 Å². The first-order valence-corrected chi connectivity index (χ1v) is 4.98. The van der Waals surface area contributed by atoms with Crippen LogP contribution < -0.4 is 0 Å². The minimum Gasteiger partial charge on any atom is -0.393 e. The lowest BCUT2D eigenvalue weighted by Gasteiger charge is -2.44. The number of rotatable bonds is 3. The summed E-state index contributed by atoms with van der Waals surface area (Å²) in [6, 6.07) is 0. The van der Waals surface area contributed by atoms with Crippen LogP contribution in [-0.2, 0) is 4.74 Å². The van der Waals surface area contributed by atoms with Crippen molar-refractivity contribution in [1.82, 2.24) is 4.90 Å². The van der Waals surface area contributed by atoms with Gasteiger partial charge in [0.25, 0.3) is 0 Å². The van der Waals surface area contributed by atoms with E-state index >= 15 is 0 Å². The molecular weight excluding hydrogens is 166 g/mol. The number of methoxy groups -OCH3 is 1. The van der Waals surface area contributed by atoms with Crippen LogP contribution in [0.25, 0.3) is 0 Å². The lowest BCUT2D eigenvalue weighted by molar-refractivity contribution is -0.0133. The van der Waals surface area contributed by atoms with E-state index in [2.05, 4.69) is 18.7 Å². The summed E-state index contributed by atoms with van der Waals surface area (Å²) in [5.74, 6) is 0. The molecule has 3 nitrogen and oxygen atoms in total. The first-order valence-electron chi connectivity index (χ1n) is 4.98. The summed E-state index contributed by atoms with van der Waals surface area (Å²) in [4.78, 5) is 2.39. The van der Waals surface area contributed by atoms with E-state index in [1.807, 2.05) is 0 Å². The third-order valence-electron chi connectivity index (χ3n) is 2.89.